The van der Waals surface area contributed by atoms with E-state index >= 15 is 0 Å². The highest BCUT2D eigenvalue weighted by molar-refractivity contribution is 5.98. The summed E-state index contributed by atoms with van der Waals surface area (Å²) in [5.41, 5.74) is 5.85. The molecule has 0 bridgehead atoms. The number of hydrogen-bond donors (Lipinski definition) is 1. The first kappa shape index (κ1) is 21.7. The van der Waals surface area contributed by atoms with E-state index in [0.29, 0.717) is 0 Å². The van der Waals surface area contributed by atoms with Crippen LogP contribution < -0.4 is 5.32 Å². The lowest BCUT2D eigenvalue weighted by Crippen LogP contribution is -2.47. The third-order valence-electron chi connectivity index (χ3n) is 6.50. The van der Waals surface area contributed by atoms with Gasteiger partial charge in [-0.15, -0.1) is 0 Å². The first-order chi connectivity index (χ1) is 16.7. The minimum Gasteiger partial charge on any atom is -0.467 e. The van der Waals surface area contributed by atoms with E-state index in [1.165, 1.54) is 7.11 Å². The van der Waals surface area contributed by atoms with Crippen molar-refractivity contribution >= 4 is 11.9 Å². The second-order valence-corrected chi connectivity index (χ2v) is 8.42. The predicted octanol–water partition coefficient (Wildman–Crippen LogP) is 5.29. The van der Waals surface area contributed by atoms with Crippen LogP contribution in [0.3, 0.4) is 0 Å². The van der Waals surface area contributed by atoms with E-state index in [1.807, 2.05) is 109 Å². The molecule has 0 spiro atoms. The summed E-state index contributed by atoms with van der Waals surface area (Å²) in [5.74, 6) is -1.59. The zero-order valence-electron chi connectivity index (χ0n) is 18.8. The number of nitrogens with one attached hydrogen (secondary N) is 1. The van der Waals surface area contributed by atoms with Gasteiger partial charge < -0.3 is 10.1 Å². The minimum absolute atomic E-state index is 0.218. The van der Waals surface area contributed by atoms with E-state index in [0.717, 1.165) is 33.4 Å². The van der Waals surface area contributed by atoms with Gasteiger partial charge in [-0.3, -0.25) is 4.79 Å². The summed E-state index contributed by atoms with van der Waals surface area (Å²) in [6.07, 6.45) is 0. The lowest BCUT2D eigenvalue weighted by molar-refractivity contribution is -0.145. The maximum Gasteiger partial charge on any atom is 0.329 e. The number of rotatable bonds is 6. The van der Waals surface area contributed by atoms with Gasteiger partial charge in [0, 0.05) is 5.92 Å². The monoisotopic (exact) mass is 447 g/mol. The molecule has 34 heavy (non-hydrogen) atoms. The van der Waals surface area contributed by atoms with Gasteiger partial charge in [0.25, 0.3) is 0 Å². The average Bonchev–Trinajstić information content (AvgIpc) is 3.23. The second-order valence-electron chi connectivity index (χ2n) is 8.42. The average molecular weight is 448 g/mol. The van der Waals surface area contributed by atoms with E-state index in [2.05, 4.69) is 5.32 Å². The molecule has 5 rings (SSSR count). The Morgan fingerprint density at radius 2 is 1.12 bits per heavy atom. The van der Waals surface area contributed by atoms with E-state index in [1.54, 1.807) is 0 Å². The molecule has 0 unspecified atom stereocenters. The molecule has 4 aromatic rings. The highest BCUT2D eigenvalue weighted by atomic mass is 16.5. The minimum atomic E-state index is -0.887. The van der Waals surface area contributed by atoms with E-state index < -0.39 is 23.8 Å². The van der Waals surface area contributed by atoms with Gasteiger partial charge in [0.1, 0.15) is 6.04 Å². The number of ether oxygens (including phenoxy) is 1. The molecular formula is C30H25NO3. The van der Waals surface area contributed by atoms with E-state index in [4.69, 9.17) is 4.74 Å². The molecule has 1 aliphatic carbocycles. The Labute approximate surface area is 199 Å². The molecule has 1 N–H and O–H groups in total. The van der Waals surface area contributed by atoms with Crippen LogP contribution >= 0.6 is 0 Å². The molecule has 4 nitrogen and oxygen atoms in total. The van der Waals surface area contributed by atoms with Crippen molar-refractivity contribution < 1.29 is 14.3 Å². The topological polar surface area (TPSA) is 55.4 Å². The molecule has 0 heterocycles. The number of amides is 1. The van der Waals surface area contributed by atoms with Crippen molar-refractivity contribution in [3.8, 4) is 11.1 Å². The molecule has 1 aliphatic rings. The lowest BCUT2D eigenvalue weighted by atomic mass is 9.84. The van der Waals surface area contributed by atoms with Crippen LogP contribution in [0.1, 0.15) is 34.1 Å². The Balaban J connectivity index is 1.56. The standard InChI is InChI=1S/C30H25NO3/c1-34-30(33)28(26(20-12-4-2-5-13-20)21-14-6-3-7-15-21)31-29(32)27-24-18-10-8-16-22(24)23-17-9-11-19-25(23)27/h2-19,26-28H,1H3,(H,31,32)/t28-/m0/s1. The van der Waals surface area contributed by atoms with Crippen molar-refractivity contribution in [2.75, 3.05) is 7.11 Å². The van der Waals surface area contributed by atoms with Crippen molar-refractivity contribution in [2.24, 2.45) is 0 Å². The molecule has 168 valence electrons. The summed E-state index contributed by atoms with van der Waals surface area (Å²) in [7, 11) is 1.36. The van der Waals surface area contributed by atoms with E-state index in [-0.39, 0.29) is 5.91 Å². The number of carbonyl (C=O) groups excluding carboxylic acids is 2. The van der Waals surface area contributed by atoms with Crippen LogP contribution in [-0.2, 0) is 14.3 Å². The van der Waals surface area contributed by atoms with Crippen molar-refractivity contribution in [1.82, 2.24) is 5.32 Å². The number of carbonyl (C=O) groups is 2. The molecule has 0 saturated heterocycles. The van der Waals surface area contributed by atoms with Gasteiger partial charge >= 0.3 is 5.97 Å². The van der Waals surface area contributed by atoms with Crippen molar-refractivity contribution in [1.29, 1.82) is 0 Å². The Bertz CT molecular complexity index is 1230. The first-order valence-corrected chi connectivity index (χ1v) is 11.4. The summed E-state index contributed by atoms with van der Waals surface area (Å²) in [5, 5.41) is 3.08. The van der Waals surface area contributed by atoms with E-state index in [9.17, 15) is 9.59 Å². The molecule has 0 aliphatic heterocycles. The molecule has 0 radical (unpaired) electrons. The zero-order valence-corrected chi connectivity index (χ0v) is 18.8. The quantitative estimate of drug-likeness (QED) is 0.409. The molecule has 0 fully saturated rings. The van der Waals surface area contributed by atoms with Crippen LogP contribution in [0.5, 0.6) is 0 Å². The molecule has 0 saturated carbocycles. The van der Waals surface area contributed by atoms with Gasteiger partial charge in [-0.2, -0.15) is 0 Å². The van der Waals surface area contributed by atoms with Gasteiger partial charge in [0.15, 0.2) is 0 Å². The Morgan fingerprint density at radius 1 is 0.676 bits per heavy atom. The van der Waals surface area contributed by atoms with Crippen LogP contribution in [0.2, 0.25) is 0 Å². The summed E-state index contributed by atoms with van der Waals surface area (Å²) in [4.78, 5) is 27.0. The predicted molar refractivity (Wildman–Crippen MR) is 132 cm³/mol. The fourth-order valence-corrected chi connectivity index (χ4v) is 4.98. The maximum absolute atomic E-state index is 13.8. The van der Waals surface area contributed by atoms with Gasteiger partial charge in [-0.25, -0.2) is 4.79 Å². The van der Waals surface area contributed by atoms with Crippen LogP contribution in [0, 0.1) is 0 Å². The SMILES string of the molecule is COC(=O)[C@@H](NC(=O)C1c2ccccc2-c2ccccc21)C(c1ccccc1)c1ccccc1. The highest BCUT2D eigenvalue weighted by Crippen LogP contribution is 2.44. The largest absolute Gasteiger partial charge is 0.467 e. The van der Waals surface area contributed by atoms with Crippen LogP contribution in [0.15, 0.2) is 109 Å². The highest BCUT2D eigenvalue weighted by Gasteiger charge is 2.38. The van der Waals surface area contributed by atoms with Crippen molar-refractivity contribution in [3.63, 3.8) is 0 Å². The van der Waals surface area contributed by atoms with Crippen molar-refractivity contribution in [3.05, 3.63) is 131 Å². The summed E-state index contributed by atoms with van der Waals surface area (Å²) in [6.45, 7) is 0. The fraction of sp³-hybridized carbons (Fsp3) is 0.133. The van der Waals surface area contributed by atoms with Crippen LogP contribution in [0.4, 0.5) is 0 Å². The number of methoxy groups -OCH3 is 1. The summed E-state index contributed by atoms with van der Waals surface area (Å²) < 4.78 is 5.19. The van der Waals surface area contributed by atoms with Crippen LogP contribution in [0.25, 0.3) is 11.1 Å². The second kappa shape index (κ2) is 9.36. The Kier molecular flexibility index (Phi) is 5.96. The molecule has 4 aromatic carbocycles. The third kappa shape index (κ3) is 3.88. The molecule has 0 aromatic heterocycles. The maximum atomic E-state index is 13.8. The smallest absolute Gasteiger partial charge is 0.329 e. The molecule has 4 heteroatoms. The van der Waals surface area contributed by atoms with Gasteiger partial charge in [-0.05, 0) is 33.4 Å². The van der Waals surface area contributed by atoms with Crippen molar-refractivity contribution in [2.45, 2.75) is 17.9 Å². The molecule has 1 amide bonds. The summed E-state index contributed by atoms with van der Waals surface area (Å²) in [6, 6.07) is 34.5. The molecular weight excluding hydrogens is 422 g/mol. The molecule has 1 atom stereocenters. The number of hydrogen-bond acceptors (Lipinski definition) is 3. The van der Waals surface area contributed by atoms with Gasteiger partial charge in [0.2, 0.25) is 5.91 Å². The Morgan fingerprint density at radius 3 is 1.59 bits per heavy atom. The number of esters is 1. The summed E-state index contributed by atoms with van der Waals surface area (Å²) >= 11 is 0. The normalized spacial score (nSPS) is 13.1. The lowest BCUT2D eigenvalue weighted by Gasteiger charge is -2.28. The number of benzene rings is 4. The fourth-order valence-electron chi connectivity index (χ4n) is 4.98. The van der Waals surface area contributed by atoms with Gasteiger partial charge in [-0.1, -0.05) is 109 Å². The van der Waals surface area contributed by atoms with Gasteiger partial charge in [0.05, 0.1) is 13.0 Å². The number of fused-ring (bicyclic) bond motifs is 3. The first-order valence-electron chi connectivity index (χ1n) is 11.4. The van der Waals surface area contributed by atoms with Crippen LogP contribution in [-0.4, -0.2) is 25.0 Å². The zero-order chi connectivity index (χ0) is 23.5. The third-order valence-corrected chi connectivity index (χ3v) is 6.50. The Hall–Kier alpha value is -4.18.